The lowest BCUT2D eigenvalue weighted by molar-refractivity contribution is -0.137. The second kappa shape index (κ2) is 9.19. The smallest absolute Gasteiger partial charge is 0.381 e. The molecule has 156 valence electrons. The van der Waals surface area contributed by atoms with E-state index in [4.69, 9.17) is 27.9 Å². The van der Waals surface area contributed by atoms with Crippen molar-refractivity contribution in [2.24, 2.45) is 5.92 Å². The number of nitrogens with zero attached hydrogens (tertiary/aromatic N) is 1. The molecule has 0 radical (unpaired) electrons. The molecule has 0 bridgehead atoms. The summed E-state index contributed by atoms with van der Waals surface area (Å²) in [5, 5.41) is 5.88. The molecular weight excluding hydrogens is 430 g/mol. The minimum absolute atomic E-state index is 0.0725. The van der Waals surface area contributed by atoms with E-state index < -0.39 is 23.2 Å². The fourth-order valence-corrected chi connectivity index (χ4v) is 3.24. The summed E-state index contributed by atoms with van der Waals surface area (Å²) < 4.78 is 45.9. The predicted octanol–water partition coefficient (Wildman–Crippen LogP) is 5.31. The first-order chi connectivity index (χ1) is 13.7. The Morgan fingerprint density at radius 3 is 2.55 bits per heavy atom. The van der Waals surface area contributed by atoms with Gasteiger partial charge >= 0.3 is 6.18 Å². The van der Waals surface area contributed by atoms with Gasteiger partial charge in [0.15, 0.2) is 0 Å². The van der Waals surface area contributed by atoms with Gasteiger partial charge in [-0.15, -0.1) is 0 Å². The summed E-state index contributed by atoms with van der Waals surface area (Å²) in [6.07, 6.45) is -2.28. The van der Waals surface area contributed by atoms with Gasteiger partial charge in [-0.1, -0.05) is 23.2 Å². The zero-order valence-electron chi connectivity index (χ0n) is 15.2. The van der Waals surface area contributed by atoms with E-state index in [1.165, 1.54) is 12.1 Å². The van der Waals surface area contributed by atoms with Crippen LogP contribution in [0.1, 0.15) is 28.8 Å². The third-order valence-corrected chi connectivity index (χ3v) is 5.28. The van der Waals surface area contributed by atoms with Gasteiger partial charge in [-0.3, -0.25) is 4.79 Å². The van der Waals surface area contributed by atoms with Crippen LogP contribution in [0.2, 0.25) is 10.0 Å². The Morgan fingerprint density at radius 2 is 1.90 bits per heavy atom. The lowest BCUT2D eigenvalue weighted by Crippen LogP contribution is -2.33. The molecule has 0 unspecified atom stereocenters. The Hall–Kier alpha value is -2.03. The molecular formula is C19H18Cl2F3N3O2. The normalized spacial score (nSPS) is 15.2. The number of ether oxygens (including phenoxy) is 1. The molecule has 0 aliphatic carbocycles. The molecule has 0 atom stereocenters. The molecule has 1 saturated heterocycles. The third kappa shape index (κ3) is 5.74. The summed E-state index contributed by atoms with van der Waals surface area (Å²) in [6, 6.07) is 5.33. The van der Waals surface area contributed by atoms with Gasteiger partial charge in [0.05, 0.1) is 21.2 Å². The van der Waals surface area contributed by atoms with Crippen molar-refractivity contribution >= 4 is 40.6 Å². The molecule has 1 aliphatic heterocycles. The number of pyridine rings is 1. The maximum atomic E-state index is 13.5. The van der Waals surface area contributed by atoms with Gasteiger partial charge in [0, 0.05) is 31.6 Å². The van der Waals surface area contributed by atoms with Gasteiger partial charge in [0.1, 0.15) is 5.82 Å². The highest BCUT2D eigenvalue weighted by molar-refractivity contribution is 6.42. The largest absolute Gasteiger partial charge is 0.417 e. The highest BCUT2D eigenvalue weighted by Gasteiger charge is 2.36. The minimum atomic E-state index is -4.72. The average molecular weight is 448 g/mol. The second-order valence-electron chi connectivity index (χ2n) is 6.63. The van der Waals surface area contributed by atoms with Crippen LogP contribution in [0.15, 0.2) is 30.5 Å². The Morgan fingerprint density at radius 1 is 1.17 bits per heavy atom. The Balaban J connectivity index is 1.78. The molecule has 10 heteroatoms. The Labute approximate surface area is 175 Å². The quantitative estimate of drug-likeness (QED) is 0.651. The van der Waals surface area contributed by atoms with Crippen LogP contribution >= 0.6 is 23.2 Å². The molecule has 1 amide bonds. The summed E-state index contributed by atoms with van der Waals surface area (Å²) >= 11 is 11.8. The first-order valence-electron chi connectivity index (χ1n) is 8.89. The number of alkyl halides is 3. The fourth-order valence-electron chi connectivity index (χ4n) is 2.94. The average Bonchev–Trinajstić information content (AvgIpc) is 2.69. The Bertz CT molecular complexity index is 887. The third-order valence-electron chi connectivity index (χ3n) is 4.54. The number of benzene rings is 1. The highest BCUT2D eigenvalue weighted by Crippen LogP contribution is 2.34. The van der Waals surface area contributed by atoms with E-state index in [1.54, 1.807) is 6.07 Å². The summed E-state index contributed by atoms with van der Waals surface area (Å²) in [5.41, 5.74) is -1.18. The molecule has 2 heterocycles. The summed E-state index contributed by atoms with van der Waals surface area (Å²) in [7, 11) is 0. The van der Waals surface area contributed by atoms with E-state index in [0.29, 0.717) is 30.5 Å². The zero-order valence-corrected chi connectivity index (χ0v) is 16.7. The van der Waals surface area contributed by atoms with Crippen LogP contribution in [0.4, 0.5) is 24.7 Å². The first-order valence-corrected chi connectivity index (χ1v) is 9.65. The van der Waals surface area contributed by atoms with Crippen molar-refractivity contribution in [3.63, 3.8) is 0 Å². The zero-order chi connectivity index (χ0) is 21.0. The van der Waals surface area contributed by atoms with Crippen LogP contribution < -0.4 is 10.6 Å². The number of amides is 1. The van der Waals surface area contributed by atoms with Crippen molar-refractivity contribution in [3.8, 4) is 0 Å². The summed E-state index contributed by atoms with van der Waals surface area (Å²) in [6.45, 7) is 1.47. The van der Waals surface area contributed by atoms with Gasteiger partial charge < -0.3 is 15.4 Å². The van der Waals surface area contributed by atoms with Crippen molar-refractivity contribution in [1.29, 1.82) is 0 Å². The SMILES string of the molecule is O=C(NCC1CCOCC1)c1cnc(Nc2ccc(Cl)c(Cl)c2)cc1C(F)(F)F. The van der Waals surface area contributed by atoms with Gasteiger partial charge in [-0.25, -0.2) is 4.98 Å². The lowest BCUT2D eigenvalue weighted by atomic mass is 10.00. The highest BCUT2D eigenvalue weighted by atomic mass is 35.5. The monoisotopic (exact) mass is 447 g/mol. The van der Waals surface area contributed by atoms with Gasteiger partial charge in [0.2, 0.25) is 0 Å². The Kier molecular flexibility index (Phi) is 6.87. The van der Waals surface area contributed by atoms with E-state index in [-0.39, 0.29) is 16.8 Å². The number of halogens is 5. The van der Waals surface area contributed by atoms with Crippen LogP contribution in [-0.2, 0) is 10.9 Å². The molecule has 3 rings (SSSR count). The van der Waals surface area contributed by atoms with Gasteiger partial charge in [0.25, 0.3) is 5.91 Å². The maximum absolute atomic E-state index is 13.5. The van der Waals surface area contributed by atoms with E-state index in [1.807, 2.05) is 0 Å². The van der Waals surface area contributed by atoms with E-state index >= 15 is 0 Å². The molecule has 0 saturated carbocycles. The molecule has 2 aromatic rings. The first kappa shape index (κ1) is 21.7. The van der Waals surface area contributed by atoms with Crippen LogP contribution in [0.3, 0.4) is 0 Å². The van der Waals surface area contributed by atoms with Crippen molar-refractivity contribution in [2.75, 3.05) is 25.1 Å². The molecule has 0 spiro atoms. The number of aromatic nitrogens is 1. The number of hydrogen-bond acceptors (Lipinski definition) is 4. The van der Waals surface area contributed by atoms with E-state index in [9.17, 15) is 18.0 Å². The van der Waals surface area contributed by atoms with Crippen LogP contribution in [0, 0.1) is 5.92 Å². The van der Waals surface area contributed by atoms with Crippen molar-refractivity contribution < 1.29 is 22.7 Å². The van der Waals surface area contributed by atoms with Gasteiger partial charge in [-0.2, -0.15) is 13.2 Å². The number of carbonyl (C=O) groups excluding carboxylic acids is 1. The number of nitrogens with one attached hydrogen (secondary N) is 2. The predicted molar refractivity (Wildman–Crippen MR) is 105 cm³/mol. The topological polar surface area (TPSA) is 63.2 Å². The molecule has 1 aromatic carbocycles. The standard InChI is InChI=1S/C19H18Cl2F3N3O2/c20-15-2-1-12(7-16(15)21)27-17-8-14(19(22,23)24)13(10-25-17)18(28)26-9-11-3-5-29-6-4-11/h1-2,7-8,10-11H,3-6,9H2,(H,25,27)(H,26,28). The van der Waals surface area contributed by atoms with Crippen LogP contribution in [0.5, 0.6) is 0 Å². The molecule has 29 heavy (non-hydrogen) atoms. The van der Waals surface area contributed by atoms with E-state index in [2.05, 4.69) is 15.6 Å². The molecule has 2 N–H and O–H groups in total. The summed E-state index contributed by atoms with van der Waals surface area (Å²) in [5.74, 6) is -0.695. The molecule has 5 nitrogen and oxygen atoms in total. The van der Waals surface area contributed by atoms with Crippen LogP contribution in [0.25, 0.3) is 0 Å². The summed E-state index contributed by atoms with van der Waals surface area (Å²) in [4.78, 5) is 16.3. The van der Waals surface area contributed by atoms with Crippen LogP contribution in [-0.4, -0.2) is 30.6 Å². The maximum Gasteiger partial charge on any atom is 0.417 e. The molecule has 1 fully saturated rings. The number of rotatable bonds is 5. The minimum Gasteiger partial charge on any atom is -0.381 e. The van der Waals surface area contributed by atoms with Gasteiger partial charge in [-0.05, 0) is 43.0 Å². The number of hydrogen-bond donors (Lipinski definition) is 2. The van der Waals surface area contributed by atoms with Crippen molar-refractivity contribution in [2.45, 2.75) is 19.0 Å². The number of anilines is 2. The van der Waals surface area contributed by atoms with Crippen molar-refractivity contribution in [1.82, 2.24) is 10.3 Å². The number of carbonyl (C=O) groups is 1. The second-order valence-corrected chi connectivity index (χ2v) is 7.45. The molecule has 1 aromatic heterocycles. The lowest BCUT2D eigenvalue weighted by Gasteiger charge is -2.22. The van der Waals surface area contributed by atoms with E-state index in [0.717, 1.165) is 25.1 Å². The molecule has 1 aliphatic rings. The van der Waals surface area contributed by atoms with Crippen molar-refractivity contribution in [3.05, 3.63) is 51.6 Å². The fraction of sp³-hybridized carbons (Fsp3) is 0.368.